The van der Waals surface area contributed by atoms with Gasteiger partial charge in [-0.3, -0.25) is 4.79 Å². The number of carbonyl (C=O) groups is 1. The Morgan fingerprint density at radius 3 is 2.44 bits per heavy atom. The molecule has 0 saturated heterocycles. The van der Waals surface area contributed by atoms with Crippen molar-refractivity contribution in [3.8, 4) is 6.07 Å². The van der Waals surface area contributed by atoms with E-state index >= 15 is 0 Å². The fourth-order valence-corrected chi connectivity index (χ4v) is 1.74. The summed E-state index contributed by atoms with van der Waals surface area (Å²) in [6.07, 6.45) is 1.38. The largest absolute Gasteiger partial charge is 0.359 e. The van der Waals surface area contributed by atoms with E-state index in [-0.39, 0.29) is 5.78 Å². The average Bonchev–Trinajstić information content (AvgIpc) is 2.62. The fraction of sp³-hybridized carbons (Fsp3) is 0.231. The lowest BCUT2D eigenvalue weighted by molar-refractivity contribution is -0.114. The zero-order chi connectivity index (χ0) is 11.5. The fourth-order valence-electron chi connectivity index (χ4n) is 1.74. The average molecular weight is 212 g/mol. The molecule has 1 aliphatic carbocycles. The van der Waals surface area contributed by atoms with Crippen molar-refractivity contribution in [3.63, 3.8) is 0 Å². The molecule has 0 saturated carbocycles. The molecule has 1 aromatic carbocycles. The van der Waals surface area contributed by atoms with Gasteiger partial charge in [0.1, 0.15) is 0 Å². The van der Waals surface area contributed by atoms with Gasteiger partial charge in [-0.2, -0.15) is 5.26 Å². The van der Waals surface area contributed by atoms with Gasteiger partial charge in [-0.1, -0.05) is 0 Å². The summed E-state index contributed by atoms with van der Waals surface area (Å²) < 4.78 is 0. The number of allylic oxidation sites excluding steroid dienone is 2. The number of rotatable bonds is 2. The maximum atomic E-state index is 11.3. The van der Waals surface area contributed by atoms with Crippen LogP contribution in [0.25, 0.3) is 0 Å². The summed E-state index contributed by atoms with van der Waals surface area (Å²) in [6.45, 7) is 1.85. The van der Waals surface area contributed by atoms with Gasteiger partial charge in [-0.25, -0.2) is 0 Å². The van der Waals surface area contributed by atoms with E-state index in [9.17, 15) is 4.79 Å². The van der Waals surface area contributed by atoms with Gasteiger partial charge in [-0.15, -0.1) is 0 Å². The molecule has 0 spiro atoms. The molecule has 0 fully saturated rings. The third kappa shape index (κ3) is 1.96. The number of hydrogen-bond donors (Lipinski definition) is 1. The maximum Gasteiger partial charge on any atom is 0.160 e. The van der Waals surface area contributed by atoms with Crippen LogP contribution in [-0.2, 0) is 4.79 Å². The van der Waals surface area contributed by atoms with Crippen molar-refractivity contribution in [2.75, 3.05) is 5.32 Å². The lowest BCUT2D eigenvalue weighted by Gasteiger charge is -2.07. The summed E-state index contributed by atoms with van der Waals surface area (Å²) in [5, 5.41) is 11.9. The third-order valence-electron chi connectivity index (χ3n) is 2.78. The molecule has 1 aromatic rings. The highest BCUT2D eigenvalue weighted by Crippen LogP contribution is 2.24. The first kappa shape index (κ1) is 10.4. The number of benzene rings is 1. The first-order valence-corrected chi connectivity index (χ1v) is 5.21. The number of nitrogens with zero attached hydrogens (tertiary/aromatic N) is 1. The van der Waals surface area contributed by atoms with Gasteiger partial charge in [0.15, 0.2) is 5.78 Å². The Morgan fingerprint density at radius 2 is 1.94 bits per heavy atom. The molecule has 0 atom stereocenters. The van der Waals surface area contributed by atoms with Crippen molar-refractivity contribution in [3.05, 3.63) is 41.1 Å². The van der Waals surface area contributed by atoms with Crippen molar-refractivity contribution < 1.29 is 4.79 Å². The Bertz CT molecular complexity index is 492. The molecule has 0 radical (unpaired) electrons. The van der Waals surface area contributed by atoms with E-state index in [0.29, 0.717) is 12.0 Å². The van der Waals surface area contributed by atoms with Gasteiger partial charge < -0.3 is 5.32 Å². The first-order valence-electron chi connectivity index (χ1n) is 5.21. The second-order valence-electron chi connectivity index (χ2n) is 3.84. The smallest absolute Gasteiger partial charge is 0.160 e. The standard InChI is InChI=1S/C13H12N2O/c1-9-12(6-7-13(9)16)15-11-4-2-10(8-14)3-5-11/h2-5,15H,6-7H2,1H3. The summed E-state index contributed by atoms with van der Waals surface area (Å²) in [4.78, 5) is 11.3. The summed E-state index contributed by atoms with van der Waals surface area (Å²) >= 11 is 0. The Kier molecular flexibility index (Phi) is 2.74. The Balaban J connectivity index is 2.16. The second kappa shape index (κ2) is 4.19. The van der Waals surface area contributed by atoms with Gasteiger partial charge in [0.25, 0.3) is 0 Å². The lowest BCUT2D eigenvalue weighted by atomic mass is 10.2. The zero-order valence-corrected chi connectivity index (χ0v) is 9.08. The maximum absolute atomic E-state index is 11.3. The number of nitrogens with one attached hydrogen (secondary N) is 1. The van der Waals surface area contributed by atoms with Crippen molar-refractivity contribution in [2.24, 2.45) is 0 Å². The molecule has 0 heterocycles. The van der Waals surface area contributed by atoms with Gasteiger partial charge in [0, 0.05) is 23.4 Å². The summed E-state index contributed by atoms with van der Waals surface area (Å²) in [5.74, 6) is 0.219. The molecule has 0 bridgehead atoms. The monoisotopic (exact) mass is 212 g/mol. The molecule has 3 heteroatoms. The highest BCUT2D eigenvalue weighted by molar-refractivity contribution is 5.98. The molecule has 2 rings (SSSR count). The van der Waals surface area contributed by atoms with Gasteiger partial charge in [0.2, 0.25) is 0 Å². The first-order chi connectivity index (χ1) is 7.70. The summed E-state index contributed by atoms with van der Waals surface area (Å²) in [7, 11) is 0. The molecule has 1 N–H and O–H groups in total. The number of hydrogen-bond acceptors (Lipinski definition) is 3. The van der Waals surface area contributed by atoms with E-state index in [1.807, 2.05) is 19.1 Å². The van der Waals surface area contributed by atoms with Crippen LogP contribution < -0.4 is 5.32 Å². The van der Waals surface area contributed by atoms with Gasteiger partial charge >= 0.3 is 0 Å². The second-order valence-corrected chi connectivity index (χ2v) is 3.84. The molecule has 0 amide bonds. The van der Waals surface area contributed by atoms with Crippen LogP contribution in [0.5, 0.6) is 0 Å². The van der Waals surface area contributed by atoms with Crippen LogP contribution >= 0.6 is 0 Å². The SMILES string of the molecule is CC1=C(Nc2ccc(C#N)cc2)CCC1=O. The quantitative estimate of drug-likeness (QED) is 0.819. The van der Waals surface area contributed by atoms with Gasteiger partial charge in [-0.05, 0) is 37.6 Å². The minimum atomic E-state index is 0.219. The Morgan fingerprint density at radius 1 is 1.25 bits per heavy atom. The topological polar surface area (TPSA) is 52.9 Å². The predicted octanol–water partition coefficient (Wildman–Crippen LogP) is 2.61. The van der Waals surface area contributed by atoms with Crippen LogP contribution in [0.1, 0.15) is 25.3 Å². The molecule has 0 unspecified atom stereocenters. The van der Waals surface area contributed by atoms with Crippen molar-refractivity contribution >= 4 is 11.5 Å². The minimum absolute atomic E-state index is 0.219. The molecule has 0 aliphatic heterocycles. The van der Waals surface area contributed by atoms with Crippen molar-refractivity contribution in [1.29, 1.82) is 5.26 Å². The van der Waals surface area contributed by atoms with Crippen LogP contribution in [0.4, 0.5) is 5.69 Å². The van der Waals surface area contributed by atoms with Crippen LogP contribution in [-0.4, -0.2) is 5.78 Å². The lowest BCUT2D eigenvalue weighted by Crippen LogP contribution is -1.99. The Hall–Kier alpha value is -2.08. The molecule has 0 aromatic heterocycles. The van der Waals surface area contributed by atoms with E-state index in [4.69, 9.17) is 5.26 Å². The summed E-state index contributed by atoms with van der Waals surface area (Å²) in [6, 6.07) is 9.29. The number of nitriles is 1. The Labute approximate surface area is 94.4 Å². The normalized spacial score (nSPS) is 15.1. The van der Waals surface area contributed by atoms with E-state index in [0.717, 1.165) is 23.4 Å². The van der Waals surface area contributed by atoms with Gasteiger partial charge in [0.05, 0.1) is 11.6 Å². The van der Waals surface area contributed by atoms with Crippen molar-refractivity contribution in [1.82, 2.24) is 0 Å². The molecule has 3 nitrogen and oxygen atoms in total. The van der Waals surface area contributed by atoms with E-state index in [2.05, 4.69) is 11.4 Å². The summed E-state index contributed by atoms with van der Waals surface area (Å²) in [5.41, 5.74) is 3.38. The van der Waals surface area contributed by atoms with E-state index < -0.39 is 0 Å². The highest BCUT2D eigenvalue weighted by atomic mass is 16.1. The van der Waals surface area contributed by atoms with Crippen LogP contribution in [0.2, 0.25) is 0 Å². The zero-order valence-electron chi connectivity index (χ0n) is 9.08. The number of Topliss-reactive ketones (excluding diaryl/α,β-unsaturated/α-hetero) is 1. The van der Waals surface area contributed by atoms with Crippen molar-refractivity contribution in [2.45, 2.75) is 19.8 Å². The highest BCUT2D eigenvalue weighted by Gasteiger charge is 2.18. The minimum Gasteiger partial charge on any atom is -0.359 e. The van der Waals surface area contributed by atoms with E-state index in [1.54, 1.807) is 12.1 Å². The van der Waals surface area contributed by atoms with Crippen LogP contribution in [0, 0.1) is 11.3 Å². The molecular formula is C13H12N2O. The molecule has 80 valence electrons. The van der Waals surface area contributed by atoms with Crippen LogP contribution in [0.3, 0.4) is 0 Å². The predicted molar refractivity (Wildman–Crippen MR) is 61.7 cm³/mol. The number of anilines is 1. The number of ketones is 1. The number of carbonyl (C=O) groups excluding carboxylic acids is 1. The molecule has 16 heavy (non-hydrogen) atoms. The molecule has 1 aliphatic rings. The van der Waals surface area contributed by atoms with E-state index in [1.165, 1.54) is 0 Å². The van der Waals surface area contributed by atoms with Crippen LogP contribution in [0.15, 0.2) is 35.5 Å². The third-order valence-corrected chi connectivity index (χ3v) is 2.78. The molecular weight excluding hydrogens is 200 g/mol.